The lowest BCUT2D eigenvalue weighted by Gasteiger charge is -2.41. The van der Waals surface area contributed by atoms with E-state index < -0.39 is 12.1 Å². The maximum atomic E-state index is 13.1. The summed E-state index contributed by atoms with van der Waals surface area (Å²) in [5.41, 5.74) is 0.576. The lowest BCUT2D eigenvalue weighted by molar-refractivity contribution is -0.192. The first kappa shape index (κ1) is 23.5. The van der Waals surface area contributed by atoms with Gasteiger partial charge in [0.15, 0.2) is 0 Å². The van der Waals surface area contributed by atoms with Crippen molar-refractivity contribution in [3.63, 3.8) is 0 Å². The van der Waals surface area contributed by atoms with Crippen molar-refractivity contribution < 1.29 is 37.0 Å². The van der Waals surface area contributed by atoms with Crippen LogP contribution in [0, 0.1) is 17.7 Å². The highest BCUT2D eigenvalue weighted by Crippen LogP contribution is 2.36. The predicted molar refractivity (Wildman–Crippen MR) is 103 cm³/mol. The number of benzene rings is 1. The molecule has 10 heteroatoms. The van der Waals surface area contributed by atoms with E-state index in [1.54, 1.807) is 19.2 Å². The summed E-state index contributed by atoms with van der Waals surface area (Å²) in [5.74, 6) is -1.81. The van der Waals surface area contributed by atoms with Crippen LogP contribution in [0.1, 0.15) is 29.6 Å². The Morgan fingerprint density at radius 1 is 1.13 bits per heavy atom. The summed E-state index contributed by atoms with van der Waals surface area (Å²) in [6.07, 6.45) is -1.28. The molecule has 2 saturated heterocycles. The van der Waals surface area contributed by atoms with E-state index in [2.05, 4.69) is 4.90 Å². The van der Waals surface area contributed by atoms with Crippen LogP contribution in [-0.4, -0.2) is 78.4 Å². The third-order valence-electron chi connectivity index (χ3n) is 6.05. The fourth-order valence-corrected chi connectivity index (χ4v) is 4.35. The van der Waals surface area contributed by atoms with E-state index in [4.69, 9.17) is 14.6 Å². The minimum Gasteiger partial charge on any atom is -0.475 e. The molecule has 31 heavy (non-hydrogen) atoms. The average Bonchev–Trinajstić information content (AvgIpc) is 3.42. The van der Waals surface area contributed by atoms with E-state index in [1.807, 2.05) is 4.90 Å². The zero-order valence-electron chi connectivity index (χ0n) is 17.1. The Labute approximate surface area is 177 Å². The number of carbonyl (C=O) groups is 2. The topological polar surface area (TPSA) is 70.1 Å². The molecule has 3 atom stereocenters. The van der Waals surface area contributed by atoms with Crippen LogP contribution in [0.5, 0.6) is 0 Å². The van der Waals surface area contributed by atoms with E-state index in [0.717, 1.165) is 32.0 Å². The van der Waals surface area contributed by atoms with Crippen molar-refractivity contribution in [3.05, 3.63) is 35.6 Å². The van der Waals surface area contributed by atoms with Gasteiger partial charge in [-0.2, -0.15) is 13.2 Å². The number of amides is 1. The number of methoxy groups -OCH3 is 1. The van der Waals surface area contributed by atoms with Gasteiger partial charge in [0.25, 0.3) is 5.91 Å². The van der Waals surface area contributed by atoms with E-state index in [-0.39, 0.29) is 23.9 Å². The summed E-state index contributed by atoms with van der Waals surface area (Å²) in [6.45, 7) is 3.83. The molecule has 2 heterocycles. The summed E-state index contributed by atoms with van der Waals surface area (Å²) in [7, 11) is 1.78. The fourth-order valence-electron chi connectivity index (χ4n) is 4.35. The third-order valence-corrected chi connectivity index (χ3v) is 6.05. The second kappa shape index (κ2) is 9.52. The van der Waals surface area contributed by atoms with Gasteiger partial charge in [0.05, 0.1) is 12.1 Å². The Morgan fingerprint density at radius 2 is 1.74 bits per heavy atom. The Balaban J connectivity index is 0.000000339. The molecule has 0 aromatic heterocycles. The van der Waals surface area contributed by atoms with Gasteiger partial charge in [-0.3, -0.25) is 4.79 Å². The average molecular weight is 446 g/mol. The number of ether oxygens (including phenoxy) is 1. The molecule has 2 aliphatic heterocycles. The first-order chi connectivity index (χ1) is 14.6. The predicted octanol–water partition coefficient (Wildman–Crippen LogP) is 3.03. The van der Waals surface area contributed by atoms with Crippen molar-refractivity contribution >= 4 is 11.9 Å². The largest absolute Gasteiger partial charge is 0.490 e. The number of nitrogens with zero attached hydrogens (tertiary/aromatic N) is 2. The van der Waals surface area contributed by atoms with Crippen LogP contribution in [0.15, 0.2) is 24.3 Å². The van der Waals surface area contributed by atoms with Gasteiger partial charge in [-0.05, 0) is 49.4 Å². The molecule has 1 N–H and O–H groups in total. The Kier molecular flexibility index (Phi) is 7.20. The molecule has 0 unspecified atom stereocenters. The number of piperidine rings is 1. The van der Waals surface area contributed by atoms with Crippen LogP contribution in [0.2, 0.25) is 0 Å². The molecular weight excluding hydrogens is 420 g/mol. The Hall–Kier alpha value is -2.20. The molecular formula is C21H26F4N2O4. The lowest BCUT2D eigenvalue weighted by Crippen LogP contribution is -2.53. The van der Waals surface area contributed by atoms with Crippen molar-refractivity contribution in [2.45, 2.75) is 37.6 Å². The quantitative estimate of drug-likeness (QED) is 0.721. The third kappa shape index (κ3) is 5.94. The van der Waals surface area contributed by atoms with Gasteiger partial charge in [-0.15, -0.1) is 0 Å². The van der Waals surface area contributed by atoms with E-state index in [0.29, 0.717) is 18.0 Å². The van der Waals surface area contributed by atoms with Crippen molar-refractivity contribution in [3.8, 4) is 0 Å². The highest BCUT2D eigenvalue weighted by molar-refractivity contribution is 5.94. The van der Waals surface area contributed by atoms with Gasteiger partial charge in [0.2, 0.25) is 0 Å². The Bertz CT molecular complexity index is 783. The maximum absolute atomic E-state index is 13.1. The normalized spacial score (nSPS) is 26.1. The smallest absolute Gasteiger partial charge is 0.475 e. The van der Waals surface area contributed by atoms with Gasteiger partial charge in [-0.1, -0.05) is 0 Å². The molecule has 172 valence electrons. The molecule has 1 aromatic carbocycles. The molecule has 1 amide bonds. The number of halogens is 4. The van der Waals surface area contributed by atoms with Crippen molar-refractivity contribution in [2.75, 3.05) is 33.3 Å². The number of carbonyl (C=O) groups excluding carboxylic acids is 1. The van der Waals surface area contributed by atoms with Crippen LogP contribution >= 0.6 is 0 Å². The van der Waals surface area contributed by atoms with Gasteiger partial charge in [0, 0.05) is 44.8 Å². The fraction of sp³-hybridized carbons (Fsp3) is 0.619. The van der Waals surface area contributed by atoms with Crippen LogP contribution in [-0.2, 0) is 9.53 Å². The summed E-state index contributed by atoms with van der Waals surface area (Å²) in [5, 5.41) is 7.12. The van der Waals surface area contributed by atoms with Crippen LogP contribution < -0.4 is 0 Å². The van der Waals surface area contributed by atoms with Gasteiger partial charge in [0.1, 0.15) is 5.82 Å². The lowest BCUT2D eigenvalue weighted by atomic mass is 9.88. The molecule has 1 aromatic rings. The van der Waals surface area contributed by atoms with Crippen molar-refractivity contribution in [1.82, 2.24) is 9.80 Å². The number of alkyl halides is 3. The number of rotatable bonds is 4. The molecule has 0 spiro atoms. The summed E-state index contributed by atoms with van der Waals surface area (Å²) >= 11 is 0. The molecule has 1 saturated carbocycles. The van der Waals surface area contributed by atoms with E-state index >= 15 is 0 Å². The molecule has 3 aliphatic rings. The minimum absolute atomic E-state index is 0.0211. The highest BCUT2D eigenvalue weighted by Gasteiger charge is 2.46. The highest BCUT2D eigenvalue weighted by atomic mass is 19.4. The van der Waals surface area contributed by atoms with Crippen LogP contribution in [0.3, 0.4) is 0 Å². The van der Waals surface area contributed by atoms with Gasteiger partial charge < -0.3 is 19.6 Å². The first-order valence-electron chi connectivity index (χ1n) is 10.2. The minimum atomic E-state index is -5.08. The molecule has 0 radical (unpaired) electrons. The number of carboxylic acids is 1. The van der Waals surface area contributed by atoms with E-state index in [1.165, 1.54) is 25.0 Å². The first-order valence-corrected chi connectivity index (χ1v) is 10.2. The van der Waals surface area contributed by atoms with Gasteiger partial charge in [-0.25, -0.2) is 9.18 Å². The van der Waals surface area contributed by atoms with Crippen molar-refractivity contribution in [2.24, 2.45) is 11.8 Å². The second-order valence-electron chi connectivity index (χ2n) is 8.26. The SMILES string of the molecule is CO[C@@H]1CCN(C(=O)c2ccc(F)cc2)[C@@H]2CN(CC3CC3)C[C@@H]21.O=C(O)C(F)(F)F. The number of carboxylic acid groups (broad SMARTS) is 1. The molecule has 6 nitrogen and oxygen atoms in total. The standard InChI is InChI=1S/C19H25FN2O2.C2HF3O2/c1-24-18-8-9-22(19(23)14-4-6-15(20)7-5-14)17-12-21(11-16(17)18)10-13-2-3-13;3-2(4,5)1(6)7/h4-7,13,16-18H,2-3,8-12H2,1H3;(H,6,7)/t16-,17+,18+;/m0./s1. The molecule has 4 rings (SSSR count). The van der Waals surface area contributed by atoms with Gasteiger partial charge >= 0.3 is 12.1 Å². The molecule has 1 aliphatic carbocycles. The number of fused-ring (bicyclic) bond motifs is 1. The maximum Gasteiger partial charge on any atom is 0.490 e. The number of likely N-dealkylation sites (tertiary alicyclic amines) is 2. The number of aliphatic carboxylic acids is 1. The Morgan fingerprint density at radius 3 is 2.26 bits per heavy atom. The van der Waals surface area contributed by atoms with Crippen molar-refractivity contribution in [1.29, 1.82) is 0 Å². The second-order valence-corrected chi connectivity index (χ2v) is 8.26. The summed E-state index contributed by atoms with van der Waals surface area (Å²) in [4.78, 5) is 26.3. The molecule has 3 fully saturated rings. The number of hydrogen-bond acceptors (Lipinski definition) is 4. The monoisotopic (exact) mass is 446 g/mol. The zero-order chi connectivity index (χ0) is 22.8. The van der Waals surface area contributed by atoms with Crippen LogP contribution in [0.4, 0.5) is 17.6 Å². The summed E-state index contributed by atoms with van der Waals surface area (Å²) < 4.78 is 50.6. The zero-order valence-corrected chi connectivity index (χ0v) is 17.1. The van der Waals surface area contributed by atoms with E-state index in [9.17, 15) is 22.4 Å². The van der Waals surface area contributed by atoms with Crippen LogP contribution in [0.25, 0.3) is 0 Å². The number of hydrogen-bond donors (Lipinski definition) is 1. The summed E-state index contributed by atoms with van der Waals surface area (Å²) in [6, 6.07) is 6.11. The molecule has 0 bridgehead atoms.